The minimum absolute atomic E-state index is 0.164. The van der Waals surface area contributed by atoms with Crippen molar-refractivity contribution in [3.05, 3.63) is 58.1 Å². The number of methoxy groups -OCH3 is 1. The summed E-state index contributed by atoms with van der Waals surface area (Å²) in [5.74, 6) is -0.0992. The van der Waals surface area contributed by atoms with Crippen molar-refractivity contribution in [1.29, 1.82) is 0 Å². The van der Waals surface area contributed by atoms with Gasteiger partial charge in [0.2, 0.25) is 0 Å². The van der Waals surface area contributed by atoms with Crippen molar-refractivity contribution in [2.24, 2.45) is 0 Å². The molecule has 0 amide bonds. The zero-order valence-electron chi connectivity index (χ0n) is 10.9. The minimum atomic E-state index is -0.504. The van der Waals surface area contributed by atoms with Gasteiger partial charge in [-0.15, -0.1) is 0 Å². The zero-order valence-corrected chi connectivity index (χ0v) is 12.5. The highest BCUT2D eigenvalue weighted by molar-refractivity contribution is 9.10. The zero-order chi connectivity index (χ0) is 14.5. The maximum atomic E-state index is 12.1. The Bertz CT molecular complexity index is 628. The van der Waals surface area contributed by atoms with Gasteiger partial charge < -0.3 is 15.2 Å². The van der Waals surface area contributed by atoms with Crippen LogP contribution in [0.1, 0.15) is 15.9 Å². The Kier molecular flexibility index (Phi) is 4.63. The summed E-state index contributed by atoms with van der Waals surface area (Å²) in [5, 5.41) is 0. The van der Waals surface area contributed by atoms with Crippen LogP contribution in [-0.4, -0.2) is 13.1 Å². The molecule has 0 aliphatic rings. The number of anilines is 1. The van der Waals surface area contributed by atoms with Crippen molar-refractivity contribution in [2.45, 2.75) is 6.61 Å². The molecule has 0 saturated carbocycles. The van der Waals surface area contributed by atoms with Crippen LogP contribution in [0.15, 0.2) is 46.9 Å². The molecule has 0 fully saturated rings. The Morgan fingerprint density at radius 1 is 1.20 bits per heavy atom. The van der Waals surface area contributed by atoms with Gasteiger partial charge in [-0.25, -0.2) is 4.79 Å². The number of halogens is 1. The molecule has 0 bridgehead atoms. The summed E-state index contributed by atoms with van der Waals surface area (Å²) < 4.78 is 11.3. The maximum absolute atomic E-state index is 12.1. The van der Waals surface area contributed by atoms with E-state index < -0.39 is 5.97 Å². The normalized spacial score (nSPS) is 10.1. The first kappa shape index (κ1) is 14.4. The largest absolute Gasteiger partial charge is 0.496 e. The molecular weight excluding hydrogens is 322 g/mol. The predicted octanol–water partition coefficient (Wildman–Crippen LogP) is 3.40. The Hall–Kier alpha value is -2.01. The lowest BCUT2D eigenvalue weighted by molar-refractivity contribution is 0.0469. The lowest BCUT2D eigenvalue weighted by atomic mass is 10.1. The van der Waals surface area contributed by atoms with Crippen LogP contribution in [0.5, 0.6) is 5.75 Å². The Labute approximate surface area is 125 Å². The van der Waals surface area contributed by atoms with E-state index in [9.17, 15) is 4.79 Å². The number of carbonyl (C=O) groups is 1. The van der Waals surface area contributed by atoms with Crippen molar-refractivity contribution >= 4 is 27.6 Å². The van der Waals surface area contributed by atoms with Gasteiger partial charge in [0.1, 0.15) is 17.9 Å². The summed E-state index contributed by atoms with van der Waals surface area (Å²) in [7, 11) is 1.49. The second-order valence-electron chi connectivity index (χ2n) is 4.09. The van der Waals surface area contributed by atoms with Gasteiger partial charge in [0.25, 0.3) is 0 Å². The fourth-order valence-electron chi connectivity index (χ4n) is 1.77. The van der Waals surface area contributed by atoms with Gasteiger partial charge in [-0.2, -0.15) is 0 Å². The van der Waals surface area contributed by atoms with E-state index in [4.69, 9.17) is 15.2 Å². The Morgan fingerprint density at radius 3 is 2.65 bits per heavy atom. The molecule has 0 unspecified atom stereocenters. The first-order chi connectivity index (χ1) is 9.63. The van der Waals surface area contributed by atoms with E-state index in [0.29, 0.717) is 11.4 Å². The SMILES string of the molecule is COc1cccc(N)c1C(=O)OCc1ccccc1Br. The van der Waals surface area contributed by atoms with E-state index in [1.807, 2.05) is 24.3 Å². The summed E-state index contributed by atoms with van der Waals surface area (Å²) in [6.07, 6.45) is 0. The number of hydrogen-bond donors (Lipinski definition) is 1. The summed E-state index contributed by atoms with van der Waals surface area (Å²) >= 11 is 3.40. The molecule has 0 spiro atoms. The van der Waals surface area contributed by atoms with Crippen molar-refractivity contribution in [2.75, 3.05) is 12.8 Å². The second-order valence-corrected chi connectivity index (χ2v) is 4.95. The first-order valence-corrected chi connectivity index (χ1v) is 6.75. The number of esters is 1. The highest BCUT2D eigenvalue weighted by Gasteiger charge is 2.17. The van der Waals surface area contributed by atoms with Gasteiger partial charge in [-0.05, 0) is 18.2 Å². The number of rotatable bonds is 4. The highest BCUT2D eigenvalue weighted by atomic mass is 79.9. The molecule has 5 heteroatoms. The number of hydrogen-bond acceptors (Lipinski definition) is 4. The van der Waals surface area contributed by atoms with Gasteiger partial charge in [0.05, 0.1) is 7.11 Å². The summed E-state index contributed by atoms with van der Waals surface area (Å²) in [4.78, 5) is 12.1. The number of benzene rings is 2. The molecule has 104 valence electrons. The van der Waals surface area contributed by atoms with Gasteiger partial charge in [0.15, 0.2) is 0 Å². The topological polar surface area (TPSA) is 61.5 Å². The smallest absolute Gasteiger partial charge is 0.344 e. The van der Waals surface area contributed by atoms with Crippen molar-refractivity contribution in [1.82, 2.24) is 0 Å². The summed E-state index contributed by atoms with van der Waals surface area (Å²) in [6.45, 7) is 0.164. The van der Waals surface area contributed by atoms with E-state index in [-0.39, 0.29) is 12.2 Å². The monoisotopic (exact) mass is 335 g/mol. The molecule has 0 radical (unpaired) electrons. The first-order valence-electron chi connectivity index (χ1n) is 5.96. The van der Waals surface area contributed by atoms with Crippen LogP contribution in [0.2, 0.25) is 0 Å². The molecule has 4 nitrogen and oxygen atoms in total. The molecule has 20 heavy (non-hydrogen) atoms. The van der Waals surface area contributed by atoms with E-state index in [1.165, 1.54) is 7.11 Å². The van der Waals surface area contributed by atoms with Crippen molar-refractivity contribution < 1.29 is 14.3 Å². The van der Waals surface area contributed by atoms with Crippen LogP contribution >= 0.6 is 15.9 Å². The molecule has 0 aliphatic carbocycles. The quantitative estimate of drug-likeness (QED) is 0.687. The van der Waals surface area contributed by atoms with Crippen LogP contribution in [-0.2, 0) is 11.3 Å². The molecule has 0 saturated heterocycles. The van der Waals surface area contributed by atoms with Gasteiger partial charge >= 0.3 is 5.97 Å². The molecule has 0 aromatic heterocycles. The number of carbonyl (C=O) groups excluding carboxylic acids is 1. The fourth-order valence-corrected chi connectivity index (χ4v) is 2.17. The third kappa shape index (κ3) is 3.11. The van der Waals surface area contributed by atoms with Crippen molar-refractivity contribution in [3.8, 4) is 5.75 Å². The van der Waals surface area contributed by atoms with Crippen LogP contribution in [0.25, 0.3) is 0 Å². The minimum Gasteiger partial charge on any atom is -0.496 e. The van der Waals surface area contributed by atoms with Gasteiger partial charge in [-0.3, -0.25) is 0 Å². The molecule has 2 rings (SSSR count). The molecular formula is C15H14BrNO3. The molecule has 2 N–H and O–H groups in total. The predicted molar refractivity (Wildman–Crippen MR) is 80.7 cm³/mol. The Morgan fingerprint density at radius 2 is 1.95 bits per heavy atom. The molecule has 0 aliphatic heterocycles. The van der Waals surface area contributed by atoms with Gasteiger partial charge in [0, 0.05) is 15.7 Å². The maximum Gasteiger partial charge on any atom is 0.344 e. The molecule has 2 aromatic carbocycles. The van der Waals surface area contributed by atoms with Crippen LogP contribution in [0.4, 0.5) is 5.69 Å². The lowest BCUT2D eigenvalue weighted by Gasteiger charge is -2.11. The van der Waals surface area contributed by atoms with Crippen LogP contribution < -0.4 is 10.5 Å². The van der Waals surface area contributed by atoms with Gasteiger partial charge in [-0.1, -0.05) is 40.2 Å². The fraction of sp³-hybridized carbons (Fsp3) is 0.133. The number of nitrogens with two attached hydrogens (primary N) is 1. The lowest BCUT2D eigenvalue weighted by Crippen LogP contribution is -2.10. The van der Waals surface area contributed by atoms with E-state index in [1.54, 1.807) is 18.2 Å². The third-order valence-electron chi connectivity index (χ3n) is 2.80. The average Bonchev–Trinajstić information content (AvgIpc) is 2.45. The van der Waals surface area contributed by atoms with E-state index >= 15 is 0 Å². The molecule has 2 aromatic rings. The third-order valence-corrected chi connectivity index (χ3v) is 3.57. The Balaban J connectivity index is 2.15. The summed E-state index contributed by atoms with van der Waals surface area (Å²) in [5.41, 5.74) is 7.28. The number of ether oxygens (including phenoxy) is 2. The van der Waals surface area contributed by atoms with Crippen molar-refractivity contribution in [3.63, 3.8) is 0 Å². The molecule has 0 heterocycles. The van der Waals surface area contributed by atoms with Crippen LogP contribution in [0.3, 0.4) is 0 Å². The van der Waals surface area contributed by atoms with E-state index in [0.717, 1.165) is 10.0 Å². The van der Waals surface area contributed by atoms with E-state index in [2.05, 4.69) is 15.9 Å². The molecule has 0 atom stereocenters. The van der Waals surface area contributed by atoms with Crippen LogP contribution in [0, 0.1) is 0 Å². The average molecular weight is 336 g/mol. The standard InChI is InChI=1S/C15H14BrNO3/c1-19-13-8-4-7-12(17)14(13)15(18)20-9-10-5-2-3-6-11(10)16/h2-8H,9,17H2,1H3. The number of nitrogen functional groups attached to an aromatic ring is 1. The highest BCUT2D eigenvalue weighted by Crippen LogP contribution is 2.25. The second kappa shape index (κ2) is 6.43. The summed E-state index contributed by atoms with van der Waals surface area (Å²) in [6, 6.07) is 12.6.